The van der Waals surface area contributed by atoms with Gasteiger partial charge in [0, 0.05) is 29.6 Å². The van der Waals surface area contributed by atoms with E-state index in [1.54, 1.807) is 6.07 Å². The summed E-state index contributed by atoms with van der Waals surface area (Å²) in [6.07, 6.45) is 1.51. The SMILES string of the molecule is CC(C)(C)c1ccc(C(=O)N2CCC(NC(=O)c3ccccc3S)CC2)cc1. The van der Waals surface area contributed by atoms with Gasteiger partial charge in [0.25, 0.3) is 11.8 Å². The number of carbonyl (C=O) groups excluding carboxylic acids is 2. The maximum atomic E-state index is 12.8. The van der Waals surface area contributed by atoms with Crippen LogP contribution in [0.15, 0.2) is 53.4 Å². The molecule has 1 heterocycles. The molecule has 1 fully saturated rings. The monoisotopic (exact) mass is 396 g/mol. The number of nitrogens with one attached hydrogen (secondary N) is 1. The summed E-state index contributed by atoms with van der Waals surface area (Å²) in [5.74, 6) is -0.0425. The van der Waals surface area contributed by atoms with E-state index in [2.05, 4.69) is 38.7 Å². The van der Waals surface area contributed by atoms with E-state index in [4.69, 9.17) is 0 Å². The molecule has 1 N–H and O–H groups in total. The molecule has 4 nitrogen and oxygen atoms in total. The molecule has 148 valence electrons. The van der Waals surface area contributed by atoms with Crippen molar-refractivity contribution in [3.8, 4) is 0 Å². The van der Waals surface area contributed by atoms with Crippen LogP contribution in [0.2, 0.25) is 0 Å². The Labute approximate surface area is 172 Å². The van der Waals surface area contributed by atoms with Gasteiger partial charge >= 0.3 is 0 Å². The lowest BCUT2D eigenvalue weighted by molar-refractivity contribution is 0.0698. The minimum absolute atomic E-state index is 0.0611. The number of hydrogen-bond acceptors (Lipinski definition) is 3. The highest BCUT2D eigenvalue weighted by Gasteiger charge is 2.25. The third-order valence-electron chi connectivity index (χ3n) is 5.26. The zero-order valence-corrected chi connectivity index (χ0v) is 17.6. The molecule has 1 aliphatic heterocycles. The van der Waals surface area contributed by atoms with E-state index >= 15 is 0 Å². The largest absolute Gasteiger partial charge is 0.349 e. The minimum atomic E-state index is -0.104. The van der Waals surface area contributed by atoms with Gasteiger partial charge in [-0.1, -0.05) is 45.0 Å². The predicted octanol–water partition coefficient (Wildman–Crippen LogP) is 4.31. The van der Waals surface area contributed by atoms with Crippen molar-refractivity contribution >= 4 is 24.4 Å². The minimum Gasteiger partial charge on any atom is -0.349 e. The van der Waals surface area contributed by atoms with Crippen molar-refractivity contribution in [2.45, 2.75) is 50.0 Å². The molecule has 3 rings (SSSR count). The molecule has 2 amide bonds. The topological polar surface area (TPSA) is 49.4 Å². The Morgan fingerprint density at radius 1 is 1.00 bits per heavy atom. The molecule has 0 unspecified atom stereocenters. The Hall–Kier alpha value is -2.27. The summed E-state index contributed by atoms with van der Waals surface area (Å²) < 4.78 is 0. The highest BCUT2D eigenvalue weighted by molar-refractivity contribution is 7.80. The summed E-state index contributed by atoms with van der Waals surface area (Å²) in [6.45, 7) is 7.78. The number of hydrogen-bond donors (Lipinski definition) is 2. The van der Waals surface area contributed by atoms with Crippen LogP contribution in [0, 0.1) is 0 Å². The zero-order chi connectivity index (χ0) is 20.3. The van der Waals surface area contributed by atoms with Gasteiger partial charge in [0.15, 0.2) is 0 Å². The van der Waals surface area contributed by atoms with Crippen molar-refractivity contribution in [2.24, 2.45) is 0 Å². The molecular formula is C23H28N2O2S. The fourth-order valence-corrected chi connectivity index (χ4v) is 3.71. The summed E-state index contributed by atoms with van der Waals surface area (Å²) in [7, 11) is 0. The van der Waals surface area contributed by atoms with E-state index < -0.39 is 0 Å². The highest BCUT2D eigenvalue weighted by Crippen LogP contribution is 2.23. The first kappa shape index (κ1) is 20.5. The average molecular weight is 397 g/mol. The second-order valence-electron chi connectivity index (χ2n) is 8.38. The Morgan fingerprint density at radius 2 is 1.61 bits per heavy atom. The number of nitrogens with zero attached hydrogens (tertiary/aromatic N) is 1. The number of thiol groups is 1. The van der Waals surface area contributed by atoms with E-state index in [1.807, 2.05) is 47.4 Å². The first-order valence-electron chi connectivity index (χ1n) is 9.74. The summed E-state index contributed by atoms with van der Waals surface area (Å²) in [4.78, 5) is 27.8. The average Bonchev–Trinajstić information content (AvgIpc) is 2.68. The van der Waals surface area contributed by atoms with Crippen molar-refractivity contribution in [1.82, 2.24) is 10.2 Å². The standard InChI is InChI=1S/C23H28N2O2S/c1-23(2,3)17-10-8-16(9-11-17)22(27)25-14-12-18(13-15-25)24-21(26)19-6-4-5-7-20(19)28/h4-11,18,28H,12-15H2,1-3H3,(H,24,26). The van der Waals surface area contributed by atoms with Gasteiger partial charge in [-0.15, -0.1) is 12.6 Å². The molecular weight excluding hydrogens is 368 g/mol. The quantitative estimate of drug-likeness (QED) is 0.760. The zero-order valence-electron chi connectivity index (χ0n) is 16.7. The van der Waals surface area contributed by atoms with Crippen LogP contribution in [0.5, 0.6) is 0 Å². The van der Waals surface area contributed by atoms with E-state index in [1.165, 1.54) is 5.56 Å². The van der Waals surface area contributed by atoms with E-state index in [-0.39, 0.29) is 23.3 Å². The van der Waals surface area contributed by atoms with Crippen LogP contribution < -0.4 is 5.32 Å². The van der Waals surface area contributed by atoms with Crippen molar-refractivity contribution in [3.63, 3.8) is 0 Å². The maximum Gasteiger partial charge on any atom is 0.253 e. The van der Waals surface area contributed by atoms with Crippen LogP contribution >= 0.6 is 12.6 Å². The van der Waals surface area contributed by atoms with Crippen LogP contribution in [-0.2, 0) is 5.41 Å². The summed E-state index contributed by atoms with van der Waals surface area (Å²) in [5, 5.41) is 3.07. The van der Waals surface area contributed by atoms with Gasteiger partial charge in [0.2, 0.25) is 0 Å². The molecule has 0 bridgehead atoms. The summed E-state index contributed by atoms with van der Waals surface area (Å²) >= 11 is 4.35. The molecule has 0 radical (unpaired) electrons. The van der Waals surface area contributed by atoms with Gasteiger partial charge < -0.3 is 10.2 Å². The van der Waals surface area contributed by atoms with E-state index in [0.717, 1.165) is 18.4 Å². The molecule has 2 aromatic carbocycles. The van der Waals surface area contributed by atoms with Gasteiger partial charge in [0.05, 0.1) is 5.56 Å². The van der Waals surface area contributed by atoms with E-state index in [0.29, 0.717) is 23.5 Å². The number of amides is 2. The van der Waals surface area contributed by atoms with Gasteiger partial charge in [0.1, 0.15) is 0 Å². The first-order chi connectivity index (χ1) is 13.3. The Bertz CT molecular complexity index is 848. The Morgan fingerprint density at radius 3 is 2.18 bits per heavy atom. The van der Waals surface area contributed by atoms with Crippen LogP contribution in [0.25, 0.3) is 0 Å². The normalized spacial score (nSPS) is 15.4. The van der Waals surface area contributed by atoms with Gasteiger partial charge in [-0.3, -0.25) is 9.59 Å². The molecule has 2 aromatic rings. The Kier molecular flexibility index (Phi) is 6.14. The van der Waals surface area contributed by atoms with Crippen LogP contribution in [0.1, 0.15) is 59.9 Å². The second kappa shape index (κ2) is 8.39. The lowest BCUT2D eigenvalue weighted by Gasteiger charge is -2.32. The molecule has 28 heavy (non-hydrogen) atoms. The van der Waals surface area contributed by atoms with Crippen molar-refractivity contribution in [2.75, 3.05) is 13.1 Å². The molecule has 0 spiro atoms. The molecule has 0 aliphatic carbocycles. The van der Waals surface area contributed by atoms with Crippen LogP contribution in [-0.4, -0.2) is 35.8 Å². The smallest absolute Gasteiger partial charge is 0.253 e. The molecule has 5 heteroatoms. The number of piperidine rings is 1. The predicted molar refractivity (Wildman–Crippen MR) is 115 cm³/mol. The third-order valence-corrected chi connectivity index (χ3v) is 5.65. The Balaban J connectivity index is 1.55. The molecule has 1 saturated heterocycles. The van der Waals surface area contributed by atoms with Gasteiger partial charge in [-0.2, -0.15) is 0 Å². The first-order valence-corrected chi connectivity index (χ1v) is 10.2. The number of benzene rings is 2. The lowest BCUT2D eigenvalue weighted by Crippen LogP contribution is -2.46. The summed E-state index contributed by atoms with van der Waals surface area (Å²) in [5.41, 5.74) is 2.60. The fraction of sp³-hybridized carbons (Fsp3) is 0.391. The van der Waals surface area contributed by atoms with E-state index in [9.17, 15) is 9.59 Å². The second-order valence-corrected chi connectivity index (χ2v) is 8.87. The van der Waals surface area contributed by atoms with Crippen LogP contribution in [0.4, 0.5) is 0 Å². The number of rotatable bonds is 3. The lowest BCUT2D eigenvalue weighted by atomic mass is 9.86. The highest BCUT2D eigenvalue weighted by atomic mass is 32.1. The van der Waals surface area contributed by atoms with Crippen molar-refractivity contribution in [3.05, 3.63) is 65.2 Å². The molecule has 0 aromatic heterocycles. The molecule has 1 aliphatic rings. The van der Waals surface area contributed by atoms with Crippen molar-refractivity contribution in [1.29, 1.82) is 0 Å². The van der Waals surface area contributed by atoms with Gasteiger partial charge in [-0.25, -0.2) is 0 Å². The number of carbonyl (C=O) groups is 2. The van der Waals surface area contributed by atoms with Crippen LogP contribution in [0.3, 0.4) is 0 Å². The van der Waals surface area contributed by atoms with Gasteiger partial charge in [-0.05, 0) is 48.1 Å². The maximum absolute atomic E-state index is 12.8. The fourth-order valence-electron chi connectivity index (χ4n) is 3.45. The van der Waals surface area contributed by atoms with Crippen molar-refractivity contribution < 1.29 is 9.59 Å². The molecule has 0 saturated carbocycles. The third kappa shape index (κ3) is 4.76. The molecule has 0 atom stereocenters. The number of likely N-dealkylation sites (tertiary alicyclic amines) is 1. The summed E-state index contributed by atoms with van der Waals surface area (Å²) in [6, 6.07) is 15.3.